The van der Waals surface area contributed by atoms with Gasteiger partial charge in [0.1, 0.15) is 0 Å². The van der Waals surface area contributed by atoms with Crippen LogP contribution in [0.25, 0.3) is 0 Å². The molecule has 15 heavy (non-hydrogen) atoms. The molecule has 0 aromatic carbocycles. The molecule has 3 rings (SSSR count). The quantitative estimate of drug-likeness (QED) is 0.728. The number of hydrogen-bond acceptors (Lipinski definition) is 3. The Morgan fingerprint density at radius 1 is 1.27 bits per heavy atom. The lowest BCUT2D eigenvalue weighted by atomic mass is 9.86. The van der Waals surface area contributed by atoms with Gasteiger partial charge in [-0.1, -0.05) is 0 Å². The van der Waals surface area contributed by atoms with E-state index in [9.17, 15) is 0 Å². The highest BCUT2D eigenvalue weighted by molar-refractivity contribution is 7.99. The van der Waals surface area contributed by atoms with Gasteiger partial charge >= 0.3 is 0 Å². The molecule has 0 aromatic heterocycles. The Labute approximate surface area is 97.2 Å². The lowest BCUT2D eigenvalue weighted by molar-refractivity contribution is 0.156. The number of rotatable bonds is 1. The Hall–Kier alpha value is 0.270. The van der Waals surface area contributed by atoms with Gasteiger partial charge in [-0.05, 0) is 43.9 Å². The molecular weight excluding hydrogens is 204 g/mol. The van der Waals surface area contributed by atoms with E-state index >= 15 is 0 Å². The topological polar surface area (TPSA) is 15.3 Å². The highest BCUT2D eigenvalue weighted by atomic mass is 32.2. The predicted octanol–water partition coefficient (Wildman–Crippen LogP) is 1.42. The first kappa shape index (κ1) is 10.4. The fourth-order valence-electron chi connectivity index (χ4n) is 3.42. The zero-order chi connectivity index (χ0) is 10.3. The number of likely N-dealkylation sites (N-methyl/N-ethyl adjacent to an activating group) is 1. The third kappa shape index (κ3) is 2.06. The second kappa shape index (κ2) is 4.27. The van der Waals surface area contributed by atoms with Gasteiger partial charge in [0.05, 0.1) is 0 Å². The van der Waals surface area contributed by atoms with Gasteiger partial charge < -0.3 is 10.2 Å². The van der Waals surface area contributed by atoms with Crippen LogP contribution in [-0.4, -0.2) is 48.6 Å². The van der Waals surface area contributed by atoms with E-state index in [2.05, 4.69) is 29.0 Å². The number of fused-ring (bicyclic) bond motifs is 1. The van der Waals surface area contributed by atoms with Gasteiger partial charge in [-0.3, -0.25) is 0 Å². The van der Waals surface area contributed by atoms with Crippen LogP contribution in [0.15, 0.2) is 0 Å². The molecule has 0 amide bonds. The Morgan fingerprint density at radius 2 is 2.13 bits per heavy atom. The Balaban J connectivity index is 1.79. The number of hydrogen-bond donors (Lipinski definition) is 1. The molecule has 1 N–H and O–H groups in total. The maximum Gasteiger partial charge on any atom is 0.0202 e. The lowest BCUT2D eigenvalue weighted by Gasteiger charge is -2.38. The highest BCUT2D eigenvalue weighted by Crippen LogP contribution is 2.42. The lowest BCUT2D eigenvalue weighted by Crippen LogP contribution is -2.47. The SMILES string of the molecule is CN1CCNC2CSCC[C@H]2[C@@H]1C1CC1. The summed E-state index contributed by atoms with van der Waals surface area (Å²) in [5.41, 5.74) is 0. The molecule has 0 bridgehead atoms. The molecule has 0 spiro atoms. The summed E-state index contributed by atoms with van der Waals surface area (Å²) in [6.07, 6.45) is 4.42. The van der Waals surface area contributed by atoms with Crippen LogP contribution in [0.5, 0.6) is 0 Å². The second-order valence-corrected chi connectivity index (χ2v) is 6.55. The van der Waals surface area contributed by atoms with Crippen molar-refractivity contribution in [1.29, 1.82) is 0 Å². The molecule has 2 saturated heterocycles. The van der Waals surface area contributed by atoms with Crippen LogP contribution in [0.1, 0.15) is 19.3 Å². The summed E-state index contributed by atoms with van der Waals surface area (Å²) >= 11 is 2.14. The van der Waals surface area contributed by atoms with Crippen LogP contribution in [0.2, 0.25) is 0 Å². The summed E-state index contributed by atoms with van der Waals surface area (Å²) in [5.74, 6) is 4.71. The monoisotopic (exact) mass is 226 g/mol. The van der Waals surface area contributed by atoms with E-state index in [0.29, 0.717) is 0 Å². The fourth-order valence-corrected chi connectivity index (χ4v) is 4.65. The molecule has 2 heterocycles. The minimum atomic E-state index is 0.805. The standard InChI is InChI=1S/C12H22N2S/c1-14-6-5-13-11-8-15-7-4-10(11)12(14)9-2-3-9/h9-13H,2-8H2,1H3/t10-,11?,12+/m1/s1. The Bertz CT molecular complexity index is 230. The van der Waals surface area contributed by atoms with E-state index in [1.807, 2.05) is 0 Å². The van der Waals surface area contributed by atoms with Gasteiger partial charge in [0.25, 0.3) is 0 Å². The van der Waals surface area contributed by atoms with E-state index in [1.165, 1.54) is 43.9 Å². The minimum absolute atomic E-state index is 0.805. The van der Waals surface area contributed by atoms with Gasteiger partial charge in [-0.25, -0.2) is 0 Å². The largest absolute Gasteiger partial charge is 0.312 e. The van der Waals surface area contributed by atoms with Crippen molar-refractivity contribution in [3.8, 4) is 0 Å². The van der Waals surface area contributed by atoms with Crippen molar-refractivity contribution < 1.29 is 0 Å². The predicted molar refractivity (Wildman–Crippen MR) is 66.4 cm³/mol. The van der Waals surface area contributed by atoms with Gasteiger partial charge in [0, 0.05) is 30.9 Å². The molecular formula is C12H22N2S. The van der Waals surface area contributed by atoms with Crippen molar-refractivity contribution >= 4 is 11.8 Å². The molecule has 3 heteroatoms. The van der Waals surface area contributed by atoms with Crippen LogP contribution < -0.4 is 5.32 Å². The first-order chi connectivity index (χ1) is 7.36. The molecule has 1 saturated carbocycles. The van der Waals surface area contributed by atoms with Crippen molar-refractivity contribution in [1.82, 2.24) is 10.2 Å². The van der Waals surface area contributed by atoms with Crippen molar-refractivity contribution in [2.75, 3.05) is 31.6 Å². The maximum absolute atomic E-state index is 3.76. The van der Waals surface area contributed by atoms with Gasteiger partial charge in [0.2, 0.25) is 0 Å². The van der Waals surface area contributed by atoms with E-state index < -0.39 is 0 Å². The van der Waals surface area contributed by atoms with Crippen LogP contribution in [-0.2, 0) is 0 Å². The zero-order valence-corrected chi connectivity index (χ0v) is 10.4. The highest BCUT2D eigenvalue weighted by Gasteiger charge is 2.43. The molecule has 0 aromatic rings. The number of nitrogens with zero attached hydrogens (tertiary/aromatic N) is 1. The van der Waals surface area contributed by atoms with E-state index in [4.69, 9.17) is 0 Å². The first-order valence-electron chi connectivity index (χ1n) is 6.37. The van der Waals surface area contributed by atoms with Crippen molar-refractivity contribution in [3.63, 3.8) is 0 Å². The normalized spacial score (nSPS) is 43.4. The average Bonchev–Trinajstić information content (AvgIpc) is 3.03. The summed E-state index contributed by atoms with van der Waals surface area (Å²) in [4.78, 5) is 2.64. The molecule has 3 fully saturated rings. The van der Waals surface area contributed by atoms with Crippen molar-refractivity contribution in [2.45, 2.75) is 31.3 Å². The third-order valence-corrected chi connectivity index (χ3v) is 5.45. The molecule has 2 nitrogen and oxygen atoms in total. The second-order valence-electron chi connectivity index (χ2n) is 5.40. The van der Waals surface area contributed by atoms with E-state index in [0.717, 1.165) is 23.9 Å². The molecule has 1 unspecified atom stereocenters. The summed E-state index contributed by atoms with van der Waals surface area (Å²) < 4.78 is 0. The average molecular weight is 226 g/mol. The fraction of sp³-hybridized carbons (Fsp3) is 1.00. The molecule has 86 valence electrons. The molecule has 0 radical (unpaired) electrons. The zero-order valence-electron chi connectivity index (χ0n) is 9.61. The van der Waals surface area contributed by atoms with Crippen LogP contribution in [0.3, 0.4) is 0 Å². The van der Waals surface area contributed by atoms with Crippen molar-refractivity contribution in [3.05, 3.63) is 0 Å². The Morgan fingerprint density at radius 3 is 2.93 bits per heavy atom. The number of nitrogens with one attached hydrogen (secondary N) is 1. The van der Waals surface area contributed by atoms with Crippen LogP contribution in [0, 0.1) is 11.8 Å². The molecule has 1 aliphatic carbocycles. The summed E-state index contributed by atoms with van der Waals surface area (Å²) in [5, 5.41) is 3.76. The van der Waals surface area contributed by atoms with Crippen LogP contribution in [0.4, 0.5) is 0 Å². The number of thioether (sulfide) groups is 1. The van der Waals surface area contributed by atoms with Crippen LogP contribution >= 0.6 is 11.8 Å². The maximum atomic E-state index is 3.76. The smallest absolute Gasteiger partial charge is 0.0202 e. The minimum Gasteiger partial charge on any atom is -0.312 e. The van der Waals surface area contributed by atoms with E-state index in [-0.39, 0.29) is 0 Å². The summed E-state index contributed by atoms with van der Waals surface area (Å²) in [6.45, 7) is 2.44. The summed E-state index contributed by atoms with van der Waals surface area (Å²) in [7, 11) is 2.34. The Kier molecular flexibility index (Phi) is 2.97. The van der Waals surface area contributed by atoms with Gasteiger partial charge in [-0.15, -0.1) is 0 Å². The molecule has 3 atom stereocenters. The first-order valence-corrected chi connectivity index (χ1v) is 7.53. The molecule has 2 aliphatic heterocycles. The van der Waals surface area contributed by atoms with Crippen molar-refractivity contribution in [2.24, 2.45) is 11.8 Å². The summed E-state index contributed by atoms with van der Waals surface area (Å²) in [6, 6.07) is 1.70. The molecule has 3 aliphatic rings. The third-order valence-electron chi connectivity index (χ3n) is 4.33. The van der Waals surface area contributed by atoms with E-state index in [1.54, 1.807) is 0 Å². The van der Waals surface area contributed by atoms with Gasteiger partial charge in [0.15, 0.2) is 0 Å². The van der Waals surface area contributed by atoms with Gasteiger partial charge in [-0.2, -0.15) is 11.8 Å².